The average Bonchev–Trinajstić information content (AvgIpc) is 3.53. The van der Waals surface area contributed by atoms with Gasteiger partial charge in [-0.05, 0) is 39.8 Å². The SMILES string of the molecule is CC(C)=O.CCCCCCCCCCCCCCCCN1CNCCNCCCNCCNC1.N#CC(C#N)=c1ccc(=C(C#N)C#N)cc1.N#CC(C#N)=c1ccc(=C(C#N)C#N)cc1.N#CC(C#N)=c1ccc(=C(C#N)C#N)cc1.[Ni]. The van der Waals surface area contributed by atoms with Crippen molar-refractivity contribution in [2.45, 2.75) is 117 Å². The number of Topliss-reactive ketones (excluding diaryl/α,β-unsaturated/α-hetero) is 1. The number of nitrogens with one attached hydrogen (secondary N) is 4. The molecule has 0 amide bonds. The predicted molar refractivity (Wildman–Crippen MR) is 314 cm³/mol. The molecule has 0 saturated carbocycles. The van der Waals surface area contributed by atoms with E-state index in [1.54, 1.807) is 72.8 Å². The molecule has 430 valence electrons. The van der Waals surface area contributed by atoms with Crippen LogP contribution in [0.4, 0.5) is 0 Å². The Morgan fingerprint density at radius 1 is 0.349 bits per heavy atom. The molecule has 18 nitrogen and oxygen atoms in total. The van der Waals surface area contributed by atoms with Crippen molar-refractivity contribution in [3.05, 3.63) is 104 Å². The molecule has 1 heterocycles. The van der Waals surface area contributed by atoms with Crippen LogP contribution in [0.2, 0.25) is 0 Å². The van der Waals surface area contributed by atoms with Gasteiger partial charge in [0.05, 0.1) is 0 Å². The Balaban J connectivity index is 0. The Morgan fingerprint density at radius 3 is 0.747 bits per heavy atom. The van der Waals surface area contributed by atoms with Crippen LogP contribution in [-0.2, 0) is 21.3 Å². The van der Waals surface area contributed by atoms with Crippen LogP contribution in [0.25, 0.3) is 33.4 Å². The van der Waals surface area contributed by atoms with Crippen LogP contribution in [0.3, 0.4) is 0 Å². The van der Waals surface area contributed by atoms with Crippen LogP contribution in [0.5, 0.6) is 0 Å². The van der Waals surface area contributed by atoms with E-state index in [0.717, 1.165) is 52.6 Å². The predicted octanol–water partition coefficient (Wildman–Crippen LogP) is 5.29. The monoisotopic (exact) mass is 1150 g/mol. The minimum Gasteiger partial charge on any atom is -0.315 e. The normalized spacial score (nSPS) is 11.4. The number of ketones is 1. The van der Waals surface area contributed by atoms with Crippen molar-refractivity contribution in [2.24, 2.45) is 0 Å². The van der Waals surface area contributed by atoms with E-state index in [2.05, 4.69) is 33.1 Å². The second-order valence-electron chi connectivity index (χ2n) is 18.4. The van der Waals surface area contributed by atoms with Gasteiger partial charge >= 0.3 is 0 Å². The molecular formula is C64H73N17NiO. The standard InChI is InChI=1S/C25H55N5.3C12H4N4.C3H6O.Ni/c1-2-3-4-5-6-7-8-9-10-11-12-13-14-15-23-30-24-28-21-19-26-17-16-18-27-20-22-29-25-30;3*13-5-11(6-14)9-1-2-10(4-3-9)12(7-15)8-16;1-3(2)4;/h26-29H,2-25H2,1H3;3*1-4H;1-2H3;. The fourth-order valence-electron chi connectivity index (χ4n) is 7.50. The second-order valence-corrected chi connectivity index (χ2v) is 18.4. The average molecular weight is 1160 g/mol. The maximum absolute atomic E-state index is 9.44. The fraction of sp³-hybridized carbons (Fsp3) is 0.422. The first-order valence-electron chi connectivity index (χ1n) is 27.3. The molecule has 0 aromatic heterocycles. The van der Waals surface area contributed by atoms with Gasteiger partial charge in [-0.2, -0.15) is 63.1 Å². The van der Waals surface area contributed by atoms with Crippen molar-refractivity contribution in [1.29, 1.82) is 63.1 Å². The molecule has 1 aliphatic rings. The molecule has 83 heavy (non-hydrogen) atoms. The van der Waals surface area contributed by atoms with Crippen molar-refractivity contribution in [3.63, 3.8) is 0 Å². The number of unbranched alkanes of at least 4 members (excludes halogenated alkanes) is 13. The minimum atomic E-state index is 0. The molecule has 0 bridgehead atoms. The smallest absolute Gasteiger partial charge is 0.136 e. The number of hydrogen-bond donors (Lipinski definition) is 4. The van der Waals surface area contributed by atoms with Crippen molar-refractivity contribution in [3.8, 4) is 72.8 Å². The molecule has 3 aromatic carbocycles. The van der Waals surface area contributed by atoms with Gasteiger partial charge in [-0.3, -0.25) is 4.90 Å². The summed E-state index contributed by atoms with van der Waals surface area (Å²) in [6.07, 6.45) is 21.2. The zero-order valence-corrected chi connectivity index (χ0v) is 48.9. The Morgan fingerprint density at radius 2 is 0.542 bits per heavy atom. The van der Waals surface area contributed by atoms with Crippen LogP contribution in [0.1, 0.15) is 117 Å². The van der Waals surface area contributed by atoms with Gasteiger partial charge in [0, 0.05) is 93.9 Å². The molecule has 1 fully saturated rings. The summed E-state index contributed by atoms with van der Waals surface area (Å²) < 4.78 is 0. The molecule has 0 spiro atoms. The first kappa shape index (κ1) is 75.8. The second kappa shape index (κ2) is 52.1. The van der Waals surface area contributed by atoms with Crippen molar-refractivity contribution in [2.75, 3.05) is 59.2 Å². The number of nitrogens with zero attached hydrogens (tertiary/aromatic N) is 13. The Labute approximate surface area is 500 Å². The number of nitriles is 12. The molecule has 0 unspecified atom stereocenters. The maximum Gasteiger partial charge on any atom is 0.136 e. The first-order valence-corrected chi connectivity index (χ1v) is 27.3. The van der Waals surface area contributed by atoms with E-state index in [9.17, 15) is 4.79 Å². The number of carbonyl (C=O) groups is 1. The van der Waals surface area contributed by atoms with Gasteiger partial charge in [0.1, 0.15) is 112 Å². The first-order chi connectivity index (χ1) is 39.9. The Hall–Kier alpha value is -9.28. The Kier molecular flexibility index (Phi) is 47.6. The van der Waals surface area contributed by atoms with Crippen LogP contribution < -0.4 is 52.6 Å². The van der Waals surface area contributed by atoms with E-state index in [0.29, 0.717) is 31.3 Å². The molecule has 1 aliphatic heterocycles. The van der Waals surface area contributed by atoms with Gasteiger partial charge in [0.15, 0.2) is 0 Å². The summed E-state index contributed by atoms with van der Waals surface area (Å²) in [6, 6.07) is 39.6. The van der Waals surface area contributed by atoms with Gasteiger partial charge < -0.3 is 26.1 Å². The molecule has 0 aliphatic carbocycles. The molecule has 1 saturated heterocycles. The third-order valence-electron chi connectivity index (χ3n) is 11.9. The largest absolute Gasteiger partial charge is 0.315 e. The Bertz CT molecular complexity index is 2740. The topological polar surface area (TPSA) is 354 Å². The molecule has 4 N–H and O–H groups in total. The van der Waals surface area contributed by atoms with Gasteiger partial charge in [-0.15, -0.1) is 0 Å². The third-order valence-corrected chi connectivity index (χ3v) is 11.9. The number of benzene rings is 3. The van der Waals surface area contributed by atoms with Crippen LogP contribution >= 0.6 is 0 Å². The van der Waals surface area contributed by atoms with Crippen LogP contribution in [-0.4, -0.2) is 69.8 Å². The quantitative estimate of drug-likeness (QED) is 0.111. The summed E-state index contributed by atoms with van der Waals surface area (Å²) in [4.78, 5) is 12.0. The zero-order valence-electron chi connectivity index (χ0n) is 47.9. The van der Waals surface area contributed by atoms with E-state index >= 15 is 0 Å². The number of rotatable bonds is 15. The summed E-state index contributed by atoms with van der Waals surface area (Å²) in [7, 11) is 0. The molecular weight excluding hydrogens is 1080 g/mol. The summed E-state index contributed by atoms with van der Waals surface area (Å²) >= 11 is 0. The number of hydrogen-bond acceptors (Lipinski definition) is 18. The van der Waals surface area contributed by atoms with Crippen molar-refractivity contribution in [1.82, 2.24) is 26.2 Å². The van der Waals surface area contributed by atoms with E-state index in [1.165, 1.54) is 190 Å². The zero-order chi connectivity index (χ0) is 60.9. The van der Waals surface area contributed by atoms with Gasteiger partial charge in [0.2, 0.25) is 0 Å². The maximum atomic E-state index is 9.44. The fourth-order valence-corrected chi connectivity index (χ4v) is 7.50. The summed E-state index contributed by atoms with van der Waals surface area (Å²) in [5.74, 6) is 0.167. The van der Waals surface area contributed by atoms with E-state index in [-0.39, 0.29) is 55.7 Å². The summed E-state index contributed by atoms with van der Waals surface area (Å²) in [5.41, 5.74) is 0.0112. The minimum absolute atomic E-state index is 0. The van der Waals surface area contributed by atoms with Crippen LogP contribution in [0, 0.1) is 136 Å². The number of carbonyl (C=O) groups excluding carboxylic acids is 1. The molecule has 4 rings (SSSR count). The van der Waals surface area contributed by atoms with Crippen molar-refractivity contribution >= 4 is 39.2 Å². The van der Waals surface area contributed by atoms with Crippen LogP contribution in [0.15, 0.2) is 72.8 Å². The van der Waals surface area contributed by atoms with Gasteiger partial charge in [-0.25, -0.2) is 0 Å². The molecule has 19 heteroatoms. The molecule has 0 atom stereocenters. The molecule has 3 aromatic rings. The summed E-state index contributed by atoms with van der Waals surface area (Å²) in [6.45, 7) is 15.0. The van der Waals surface area contributed by atoms with Gasteiger partial charge in [0.25, 0.3) is 0 Å². The van der Waals surface area contributed by atoms with E-state index in [1.807, 2.05) is 0 Å². The summed E-state index contributed by atoms with van der Waals surface area (Å²) in [5, 5.41) is 121. The van der Waals surface area contributed by atoms with Gasteiger partial charge in [-0.1, -0.05) is 163 Å². The van der Waals surface area contributed by atoms with E-state index in [4.69, 9.17) is 63.1 Å². The van der Waals surface area contributed by atoms with E-state index < -0.39 is 0 Å². The third kappa shape index (κ3) is 35.9. The molecule has 0 radical (unpaired) electrons. The van der Waals surface area contributed by atoms with Crippen molar-refractivity contribution < 1.29 is 21.3 Å².